The second kappa shape index (κ2) is 12.9. The number of rotatable bonds is 9. The lowest BCUT2D eigenvalue weighted by molar-refractivity contribution is -0.122. The Morgan fingerprint density at radius 2 is 1.96 bits per heavy atom. The van der Waals surface area contributed by atoms with Crippen molar-refractivity contribution in [3.8, 4) is 0 Å². The SMILES string of the molecule is CN=C(NCCCOCC1CCOCC1)NC1CCN(CC(=O)NC)CC1. The average molecular weight is 384 g/mol. The maximum atomic E-state index is 11.5. The van der Waals surface area contributed by atoms with Crippen LogP contribution in [0.3, 0.4) is 0 Å². The molecule has 0 radical (unpaired) electrons. The van der Waals surface area contributed by atoms with Crippen LogP contribution in [-0.4, -0.2) is 89.5 Å². The average Bonchev–Trinajstić information content (AvgIpc) is 2.71. The zero-order valence-corrected chi connectivity index (χ0v) is 17.0. The van der Waals surface area contributed by atoms with Crippen molar-refractivity contribution in [1.29, 1.82) is 0 Å². The van der Waals surface area contributed by atoms with E-state index in [9.17, 15) is 4.79 Å². The molecule has 2 aliphatic heterocycles. The Morgan fingerprint density at radius 3 is 2.63 bits per heavy atom. The Hall–Kier alpha value is -1.38. The molecule has 0 unspecified atom stereocenters. The number of aliphatic imine (C=N–C) groups is 1. The molecule has 8 nitrogen and oxygen atoms in total. The third-order valence-electron chi connectivity index (χ3n) is 5.25. The van der Waals surface area contributed by atoms with Crippen molar-refractivity contribution in [3.63, 3.8) is 0 Å². The van der Waals surface area contributed by atoms with Crippen molar-refractivity contribution >= 4 is 11.9 Å². The fourth-order valence-electron chi connectivity index (χ4n) is 3.45. The van der Waals surface area contributed by atoms with Gasteiger partial charge in [0.2, 0.25) is 5.91 Å². The minimum atomic E-state index is 0.0814. The van der Waals surface area contributed by atoms with E-state index in [-0.39, 0.29) is 5.91 Å². The second-order valence-electron chi connectivity index (χ2n) is 7.35. The molecule has 2 aliphatic rings. The standard InChI is InChI=1S/C19H37N5O3/c1-20-18(25)14-24-9-4-17(5-10-24)23-19(21-2)22-8-3-11-27-15-16-6-12-26-13-7-16/h16-17H,3-15H2,1-2H3,(H,20,25)(H2,21,22,23). The van der Waals surface area contributed by atoms with Crippen molar-refractivity contribution in [1.82, 2.24) is 20.9 Å². The molecular weight excluding hydrogens is 346 g/mol. The number of ether oxygens (including phenoxy) is 2. The summed E-state index contributed by atoms with van der Waals surface area (Å²) >= 11 is 0. The summed E-state index contributed by atoms with van der Waals surface area (Å²) in [6.07, 6.45) is 5.25. The molecule has 156 valence electrons. The molecule has 0 spiro atoms. The molecule has 2 rings (SSSR count). The summed E-state index contributed by atoms with van der Waals surface area (Å²) in [5, 5.41) is 9.54. The van der Waals surface area contributed by atoms with Gasteiger partial charge in [-0.05, 0) is 38.0 Å². The van der Waals surface area contributed by atoms with Crippen LogP contribution in [-0.2, 0) is 14.3 Å². The van der Waals surface area contributed by atoms with Gasteiger partial charge in [0.25, 0.3) is 0 Å². The molecule has 0 aromatic rings. The first-order valence-electron chi connectivity index (χ1n) is 10.3. The molecule has 3 N–H and O–H groups in total. The number of nitrogens with zero attached hydrogens (tertiary/aromatic N) is 2. The van der Waals surface area contributed by atoms with E-state index >= 15 is 0 Å². The molecular formula is C19H37N5O3. The third-order valence-corrected chi connectivity index (χ3v) is 5.25. The highest BCUT2D eigenvalue weighted by atomic mass is 16.5. The first-order valence-corrected chi connectivity index (χ1v) is 10.3. The van der Waals surface area contributed by atoms with E-state index in [1.54, 1.807) is 14.1 Å². The molecule has 8 heteroatoms. The summed E-state index contributed by atoms with van der Waals surface area (Å²) in [7, 11) is 3.49. The van der Waals surface area contributed by atoms with Crippen LogP contribution >= 0.6 is 0 Å². The Morgan fingerprint density at radius 1 is 1.22 bits per heavy atom. The minimum Gasteiger partial charge on any atom is -0.381 e. The summed E-state index contributed by atoms with van der Waals surface area (Å²) in [6.45, 7) is 6.59. The van der Waals surface area contributed by atoms with Gasteiger partial charge in [-0.2, -0.15) is 0 Å². The molecule has 0 aromatic carbocycles. The number of carbonyl (C=O) groups is 1. The highest BCUT2D eigenvalue weighted by Crippen LogP contribution is 2.14. The predicted molar refractivity (Wildman–Crippen MR) is 107 cm³/mol. The number of guanidine groups is 1. The van der Waals surface area contributed by atoms with Crippen LogP contribution in [0, 0.1) is 5.92 Å². The van der Waals surface area contributed by atoms with Gasteiger partial charge in [0.15, 0.2) is 5.96 Å². The third kappa shape index (κ3) is 8.90. The predicted octanol–water partition coefficient (Wildman–Crippen LogP) is 0.195. The molecule has 1 amide bonds. The van der Waals surface area contributed by atoms with Crippen LogP contribution in [0.1, 0.15) is 32.1 Å². The van der Waals surface area contributed by atoms with E-state index in [1.165, 1.54) is 0 Å². The number of carbonyl (C=O) groups excluding carboxylic acids is 1. The number of likely N-dealkylation sites (tertiary alicyclic amines) is 1. The Kier molecular flexibility index (Phi) is 10.5. The van der Waals surface area contributed by atoms with Gasteiger partial charge >= 0.3 is 0 Å². The Bertz CT molecular complexity index is 447. The van der Waals surface area contributed by atoms with E-state index < -0.39 is 0 Å². The Labute approximate surface area is 163 Å². The van der Waals surface area contributed by atoms with Crippen LogP contribution in [0.2, 0.25) is 0 Å². The number of amides is 1. The first-order chi connectivity index (χ1) is 13.2. The maximum Gasteiger partial charge on any atom is 0.233 e. The van der Waals surface area contributed by atoms with E-state index in [0.717, 1.165) is 84.1 Å². The minimum absolute atomic E-state index is 0.0814. The van der Waals surface area contributed by atoms with E-state index in [4.69, 9.17) is 9.47 Å². The summed E-state index contributed by atoms with van der Waals surface area (Å²) in [4.78, 5) is 18.0. The van der Waals surface area contributed by atoms with Gasteiger partial charge in [-0.15, -0.1) is 0 Å². The van der Waals surface area contributed by atoms with Gasteiger partial charge < -0.3 is 25.4 Å². The second-order valence-corrected chi connectivity index (χ2v) is 7.35. The van der Waals surface area contributed by atoms with Gasteiger partial charge in [-0.1, -0.05) is 0 Å². The molecule has 0 atom stereocenters. The van der Waals surface area contributed by atoms with Crippen LogP contribution < -0.4 is 16.0 Å². The maximum absolute atomic E-state index is 11.5. The van der Waals surface area contributed by atoms with Crippen molar-refractivity contribution < 1.29 is 14.3 Å². The van der Waals surface area contributed by atoms with Crippen molar-refractivity contribution in [2.45, 2.75) is 38.1 Å². The van der Waals surface area contributed by atoms with E-state index in [0.29, 0.717) is 18.5 Å². The molecule has 27 heavy (non-hydrogen) atoms. The summed E-state index contributed by atoms with van der Waals surface area (Å²) in [5.74, 6) is 1.59. The number of nitrogens with one attached hydrogen (secondary N) is 3. The summed E-state index contributed by atoms with van der Waals surface area (Å²) in [6, 6.07) is 0.405. The smallest absolute Gasteiger partial charge is 0.233 e. The zero-order chi connectivity index (χ0) is 19.3. The normalized spacial score (nSPS) is 20.4. The van der Waals surface area contributed by atoms with Gasteiger partial charge in [0.1, 0.15) is 0 Å². The molecule has 0 saturated carbocycles. The van der Waals surface area contributed by atoms with Gasteiger partial charge in [-0.3, -0.25) is 14.7 Å². The monoisotopic (exact) mass is 383 g/mol. The molecule has 2 heterocycles. The van der Waals surface area contributed by atoms with E-state index in [1.807, 2.05) is 0 Å². The molecule has 2 fully saturated rings. The first kappa shape index (κ1) is 21.9. The lowest BCUT2D eigenvalue weighted by Gasteiger charge is -2.32. The fraction of sp³-hybridized carbons (Fsp3) is 0.895. The van der Waals surface area contributed by atoms with Crippen LogP contribution in [0.4, 0.5) is 0 Å². The summed E-state index contributed by atoms with van der Waals surface area (Å²) in [5.41, 5.74) is 0. The van der Waals surface area contributed by atoms with Crippen molar-refractivity contribution in [2.24, 2.45) is 10.9 Å². The lowest BCUT2D eigenvalue weighted by Crippen LogP contribution is -2.50. The highest BCUT2D eigenvalue weighted by molar-refractivity contribution is 5.80. The lowest BCUT2D eigenvalue weighted by atomic mass is 10.0. The zero-order valence-electron chi connectivity index (χ0n) is 17.0. The van der Waals surface area contributed by atoms with Crippen molar-refractivity contribution in [3.05, 3.63) is 0 Å². The topological polar surface area (TPSA) is 87.2 Å². The quantitative estimate of drug-likeness (QED) is 0.299. The largest absolute Gasteiger partial charge is 0.381 e. The van der Waals surface area contributed by atoms with E-state index in [2.05, 4.69) is 25.8 Å². The van der Waals surface area contributed by atoms with Crippen LogP contribution in [0.15, 0.2) is 4.99 Å². The number of hydrogen-bond acceptors (Lipinski definition) is 5. The van der Waals surface area contributed by atoms with Crippen molar-refractivity contribution in [2.75, 3.05) is 66.7 Å². The van der Waals surface area contributed by atoms with Crippen LogP contribution in [0.5, 0.6) is 0 Å². The number of piperidine rings is 1. The molecule has 0 aliphatic carbocycles. The molecule has 0 bridgehead atoms. The number of likely N-dealkylation sites (N-methyl/N-ethyl adjacent to an activating group) is 1. The van der Waals surface area contributed by atoms with Crippen LogP contribution in [0.25, 0.3) is 0 Å². The van der Waals surface area contributed by atoms with Gasteiger partial charge in [0, 0.05) is 66.2 Å². The van der Waals surface area contributed by atoms with Gasteiger partial charge in [0.05, 0.1) is 6.54 Å². The fourth-order valence-corrected chi connectivity index (χ4v) is 3.45. The summed E-state index contributed by atoms with van der Waals surface area (Å²) < 4.78 is 11.2. The molecule has 2 saturated heterocycles. The van der Waals surface area contributed by atoms with Gasteiger partial charge in [-0.25, -0.2) is 0 Å². The molecule has 0 aromatic heterocycles. The highest BCUT2D eigenvalue weighted by Gasteiger charge is 2.21. The number of hydrogen-bond donors (Lipinski definition) is 3. The Balaban J connectivity index is 1.51.